The molecule has 2 aromatic rings. The smallest absolute Gasteiger partial charge is 0.240 e. The van der Waals surface area contributed by atoms with Crippen molar-refractivity contribution in [1.29, 1.82) is 0 Å². The Morgan fingerprint density at radius 2 is 2.33 bits per heavy atom. The van der Waals surface area contributed by atoms with Crippen LogP contribution in [0.5, 0.6) is 0 Å². The Balaban J connectivity index is 1.91. The number of amides is 1. The summed E-state index contributed by atoms with van der Waals surface area (Å²) in [6, 6.07) is 4.51. The summed E-state index contributed by atoms with van der Waals surface area (Å²) in [6.07, 6.45) is 2.06. The fourth-order valence-corrected chi connectivity index (χ4v) is 1.93. The van der Waals surface area contributed by atoms with Crippen LogP contribution < -0.4 is 11.1 Å². The van der Waals surface area contributed by atoms with Gasteiger partial charge in [-0.25, -0.2) is 9.37 Å². The first-order valence-corrected chi connectivity index (χ1v) is 5.84. The number of anilines is 1. The molecule has 1 saturated carbocycles. The SMILES string of the molecule is Nc1nc2ccc(F)cc2n1CC(=O)NC1CC1. The van der Waals surface area contributed by atoms with Crippen molar-refractivity contribution >= 4 is 22.9 Å². The van der Waals surface area contributed by atoms with Gasteiger partial charge in [0.25, 0.3) is 0 Å². The number of halogens is 1. The molecule has 1 fully saturated rings. The Labute approximate surface area is 103 Å². The Kier molecular flexibility index (Phi) is 2.43. The normalized spacial score (nSPS) is 14.9. The van der Waals surface area contributed by atoms with Crippen molar-refractivity contribution in [3.05, 3.63) is 24.0 Å². The standard InChI is InChI=1S/C12H13FN4O/c13-7-1-4-9-10(5-7)17(12(14)16-9)6-11(18)15-8-2-3-8/h1,4-5,8H,2-3,6H2,(H2,14,16)(H,15,18). The van der Waals surface area contributed by atoms with E-state index in [0.29, 0.717) is 17.1 Å². The van der Waals surface area contributed by atoms with E-state index in [9.17, 15) is 9.18 Å². The molecule has 94 valence electrons. The molecule has 6 heteroatoms. The van der Waals surface area contributed by atoms with E-state index in [4.69, 9.17) is 5.73 Å². The van der Waals surface area contributed by atoms with Gasteiger partial charge >= 0.3 is 0 Å². The molecule has 1 aliphatic carbocycles. The van der Waals surface area contributed by atoms with Gasteiger partial charge in [-0.1, -0.05) is 0 Å². The fourth-order valence-electron chi connectivity index (χ4n) is 1.93. The van der Waals surface area contributed by atoms with E-state index in [1.165, 1.54) is 16.7 Å². The zero-order chi connectivity index (χ0) is 12.7. The minimum absolute atomic E-state index is 0.0717. The van der Waals surface area contributed by atoms with Crippen LogP contribution in [0, 0.1) is 5.82 Å². The molecule has 1 heterocycles. The molecule has 0 radical (unpaired) electrons. The lowest BCUT2D eigenvalue weighted by Gasteiger charge is -2.06. The molecule has 0 unspecified atom stereocenters. The first-order valence-electron chi connectivity index (χ1n) is 5.84. The number of carbonyl (C=O) groups excluding carboxylic acids is 1. The molecule has 0 saturated heterocycles. The van der Waals surface area contributed by atoms with Crippen molar-refractivity contribution in [3.63, 3.8) is 0 Å². The molecule has 1 aromatic heterocycles. The lowest BCUT2D eigenvalue weighted by Crippen LogP contribution is -2.29. The third-order valence-corrected chi connectivity index (χ3v) is 2.98. The number of hydrogen-bond acceptors (Lipinski definition) is 3. The summed E-state index contributed by atoms with van der Waals surface area (Å²) >= 11 is 0. The van der Waals surface area contributed by atoms with E-state index in [1.54, 1.807) is 6.07 Å². The molecule has 1 amide bonds. The summed E-state index contributed by atoms with van der Waals surface area (Å²) in [4.78, 5) is 15.8. The average Bonchev–Trinajstić information content (AvgIpc) is 3.07. The van der Waals surface area contributed by atoms with Crippen LogP contribution in [-0.4, -0.2) is 21.5 Å². The van der Waals surface area contributed by atoms with Gasteiger partial charge in [-0.05, 0) is 31.0 Å². The predicted molar refractivity (Wildman–Crippen MR) is 65.3 cm³/mol. The third-order valence-electron chi connectivity index (χ3n) is 2.98. The molecule has 3 rings (SSSR count). The molecule has 5 nitrogen and oxygen atoms in total. The lowest BCUT2D eigenvalue weighted by atomic mass is 10.3. The first kappa shape index (κ1) is 11.0. The van der Waals surface area contributed by atoms with E-state index in [2.05, 4.69) is 10.3 Å². The van der Waals surface area contributed by atoms with Gasteiger partial charge < -0.3 is 15.6 Å². The minimum atomic E-state index is -0.369. The van der Waals surface area contributed by atoms with Crippen molar-refractivity contribution < 1.29 is 9.18 Å². The number of nitrogens with zero attached hydrogens (tertiary/aromatic N) is 2. The Hall–Kier alpha value is -2.11. The Morgan fingerprint density at radius 3 is 3.06 bits per heavy atom. The van der Waals surface area contributed by atoms with Gasteiger partial charge in [-0.15, -0.1) is 0 Å². The van der Waals surface area contributed by atoms with Gasteiger partial charge in [-0.3, -0.25) is 4.79 Å². The van der Waals surface area contributed by atoms with E-state index in [0.717, 1.165) is 12.8 Å². The monoisotopic (exact) mass is 248 g/mol. The number of aromatic nitrogens is 2. The quantitative estimate of drug-likeness (QED) is 0.852. The summed E-state index contributed by atoms with van der Waals surface area (Å²) in [5, 5.41) is 2.86. The van der Waals surface area contributed by atoms with Crippen LogP contribution in [0.2, 0.25) is 0 Å². The highest BCUT2D eigenvalue weighted by Gasteiger charge is 2.23. The maximum Gasteiger partial charge on any atom is 0.240 e. The molecular weight excluding hydrogens is 235 g/mol. The number of rotatable bonds is 3. The van der Waals surface area contributed by atoms with Crippen LogP contribution in [0.1, 0.15) is 12.8 Å². The second-order valence-corrected chi connectivity index (χ2v) is 4.53. The summed E-state index contributed by atoms with van der Waals surface area (Å²) in [6.45, 7) is 0.0717. The number of hydrogen-bond donors (Lipinski definition) is 2. The molecule has 3 N–H and O–H groups in total. The van der Waals surface area contributed by atoms with E-state index in [1.807, 2.05) is 0 Å². The van der Waals surface area contributed by atoms with Gasteiger partial charge in [0, 0.05) is 6.04 Å². The number of carbonyl (C=O) groups is 1. The van der Waals surface area contributed by atoms with Crippen molar-refractivity contribution in [2.24, 2.45) is 0 Å². The third kappa shape index (κ3) is 2.01. The van der Waals surface area contributed by atoms with E-state index >= 15 is 0 Å². The van der Waals surface area contributed by atoms with Crippen molar-refractivity contribution in [2.45, 2.75) is 25.4 Å². The molecule has 1 aliphatic rings. The molecule has 0 spiro atoms. The topological polar surface area (TPSA) is 72.9 Å². The van der Waals surface area contributed by atoms with Crippen molar-refractivity contribution in [3.8, 4) is 0 Å². The van der Waals surface area contributed by atoms with E-state index in [-0.39, 0.29) is 24.2 Å². The van der Waals surface area contributed by atoms with Crippen LogP contribution in [0.4, 0.5) is 10.3 Å². The molecule has 0 bridgehead atoms. The molecule has 0 aliphatic heterocycles. The van der Waals surface area contributed by atoms with Crippen molar-refractivity contribution in [1.82, 2.24) is 14.9 Å². The zero-order valence-electron chi connectivity index (χ0n) is 9.69. The fraction of sp³-hybridized carbons (Fsp3) is 0.333. The van der Waals surface area contributed by atoms with Crippen LogP contribution in [0.25, 0.3) is 11.0 Å². The number of nitrogen functional groups attached to an aromatic ring is 1. The lowest BCUT2D eigenvalue weighted by molar-refractivity contribution is -0.121. The number of fused-ring (bicyclic) bond motifs is 1. The predicted octanol–water partition coefficient (Wildman–Crippen LogP) is 1.04. The second kappa shape index (κ2) is 3.97. The largest absolute Gasteiger partial charge is 0.369 e. The first-order chi connectivity index (χ1) is 8.63. The highest BCUT2D eigenvalue weighted by atomic mass is 19.1. The molecule has 1 aromatic carbocycles. The zero-order valence-corrected chi connectivity index (χ0v) is 9.69. The average molecular weight is 248 g/mol. The minimum Gasteiger partial charge on any atom is -0.369 e. The van der Waals surface area contributed by atoms with Gasteiger partial charge in [0.1, 0.15) is 12.4 Å². The van der Waals surface area contributed by atoms with Crippen molar-refractivity contribution in [2.75, 3.05) is 5.73 Å². The summed E-state index contributed by atoms with van der Waals surface area (Å²) in [5.41, 5.74) is 6.88. The van der Waals surface area contributed by atoms with Gasteiger partial charge in [0.2, 0.25) is 11.9 Å². The van der Waals surface area contributed by atoms with Crippen LogP contribution in [-0.2, 0) is 11.3 Å². The van der Waals surface area contributed by atoms with Gasteiger partial charge in [0.05, 0.1) is 11.0 Å². The second-order valence-electron chi connectivity index (χ2n) is 4.53. The van der Waals surface area contributed by atoms with Crippen LogP contribution in [0.3, 0.4) is 0 Å². The number of imidazole rings is 1. The maximum atomic E-state index is 13.2. The van der Waals surface area contributed by atoms with Gasteiger partial charge in [-0.2, -0.15) is 0 Å². The van der Waals surface area contributed by atoms with E-state index < -0.39 is 0 Å². The number of nitrogens with one attached hydrogen (secondary N) is 1. The molecular formula is C12H13FN4O. The summed E-state index contributed by atoms with van der Waals surface area (Å²) < 4.78 is 14.7. The number of nitrogens with two attached hydrogens (primary N) is 1. The van der Waals surface area contributed by atoms with Gasteiger partial charge in [0.15, 0.2) is 0 Å². The number of benzene rings is 1. The summed E-state index contributed by atoms with van der Waals surface area (Å²) in [5.74, 6) is -0.263. The Morgan fingerprint density at radius 1 is 1.56 bits per heavy atom. The highest BCUT2D eigenvalue weighted by molar-refractivity contribution is 5.83. The maximum absolute atomic E-state index is 13.2. The van der Waals surface area contributed by atoms with Crippen LogP contribution in [0.15, 0.2) is 18.2 Å². The summed E-state index contributed by atoms with van der Waals surface area (Å²) in [7, 11) is 0. The highest BCUT2D eigenvalue weighted by Crippen LogP contribution is 2.20. The Bertz CT molecular complexity index is 618. The molecule has 18 heavy (non-hydrogen) atoms. The molecule has 0 atom stereocenters. The van der Waals surface area contributed by atoms with Crippen LogP contribution >= 0.6 is 0 Å².